The van der Waals surface area contributed by atoms with Gasteiger partial charge in [-0.3, -0.25) is 0 Å². The first-order chi connectivity index (χ1) is 9.88. The van der Waals surface area contributed by atoms with Crippen LogP contribution in [0.1, 0.15) is 27.7 Å². The lowest BCUT2D eigenvalue weighted by molar-refractivity contribution is 1.23. The Morgan fingerprint density at radius 3 is 1.55 bits per heavy atom. The Morgan fingerprint density at radius 2 is 1.10 bits per heavy atom. The zero-order valence-corrected chi connectivity index (χ0v) is 13.1. The zero-order valence-electron chi connectivity index (χ0n) is 13.1. The van der Waals surface area contributed by atoms with E-state index in [4.69, 9.17) is 0 Å². The molecule has 0 aromatic heterocycles. The van der Waals surface area contributed by atoms with E-state index in [1.54, 1.807) is 0 Å². The minimum absolute atomic E-state index is 0.850. The van der Waals surface area contributed by atoms with Crippen molar-refractivity contribution in [3.05, 3.63) is 54.6 Å². The predicted octanol–water partition coefficient (Wildman–Crippen LogP) is 6.20. The van der Waals surface area contributed by atoms with Crippen molar-refractivity contribution in [3.63, 3.8) is 0 Å². The first-order valence-corrected chi connectivity index (χ1v) is 7.13. The maximum atomic E-state index is 4.15. The Balaban J connectivity index is 0.000000829. The number of anilines is 1. The normalized spacial score (nSPS) is 9.05. The minimum atomic E-state index is 0.850. The molecule has 1 N–H and O–H groups in total. The molecule has 2 aromatic carbocycles. The van der Waals surface area contributed by atoms with Gasteiger partial charge < -0.3 is 5.32 Å². The molecule has 0 fully saturated rings. The van der Waals surface area contributed by atoms with Gasteiger partial charge >= 0.3 is 0 Å². The highest BCUT2D eigenvalue weighted by molar-refractivity contribution is 5.50. The Bertz CT molecular complexity index is 461. The highest BCUT2D eigenvalue weighted by Gasteiger charge is 1.90. The number of rotatable bonds is 3. The average molecular weight is 271 g/mol. The third-order valence-corrected chi connectivity index (χ3v) is 2.19. The molecule has 0 bridgehead atoms. The van der Waals surface area contributed by atoms with Crippen LogP contribution < -0.4 is 5.32 Å². The molecule has 0 aliphatic rings. The summed E-state index contributed by atoms with van der Waals surface area (Å²) in [5.41, 5.74) is 2.78. The maximum absolute atomic E-state index is 4.15. The van der Waals surface area contributed by atoms with E-state index < -0.39 is 0 Å². The summed E-state index contributed by atoms with van der Waals surface area (Å²) in [6.45, 7) is 8.00. The van der Waals surface area contributed by atoms with Gasteiger partial charge in [-0.2, -0.15) is 10.2 Å². The molecule has 2 rings (SSSR count). The van der Waals surface area contributed by atoms with E-state index in [0.29, 0.717) is 0 Å². The largest absolute Gasteiger partial charge is 0.388 e. The minimum Gasteiger partial charge on any atom is -0.388 e. The van der Waals surface area contributed by atoms with Crippen molar-refractivity contribution >= 4 is 17.1 Å². The van der Waals surface area contributed by atoms with Crippen LogP contribution in [0.15, 0.2) is 64.8 Å². The molecule has 0 radical (unpaired) electrons. The molecule has 0 unspecified atom stereocenters. The van der Waals surface area contributed by atoms with Crippen LogP contribution in [-0.4, -0.2) is 7.05 Å². The van der Waals surface area contributed by atoms with E-state index in [-0.39, 0.29) is 0 Å². The van der Waals surface area contributed by atoms with E-state index in [1.807, 2.05) is 89.3 Å². The summed E-state index contributed by atoms with van der Waals surface area (Å²) in [7, 11) is 1.89. The topological polar surface area (TPSA) is 36.8 Å². The van der Waals surface area contributed by atoms with Crippen molar-refractivity contribution in [2.75, 3.05) is 12.4 Å². The first kappa shape index (κ1) is 17.8. The van der Waals surface area contributed by atoms with Crippen LogP contribution in [0, 0.1) is 0 Å². The third-order valence-electron chi connectivity index (χ3n) is 2.19. The second kappa shape index (κ2) is 11.9. The standard InChI is InChI=1S/C13H13N3.2C2H6/c1-14-11-7-9-13(10-8-11)16-15-12-5-3-2-4-6-12;2*1-2/h2-10,14H,1H3;2*1-2H3. The zero-order chi connectivity index (χ0) is 15.2. The quantitative estimate of drug-likeness (QED) is 0.663. The van der Waals surface area contributed by atoms with Crippen LogP contribution in [0.3, 0.4) is 0 Å². The lowest BCUT2D eigenvalue weighted by atomic mass is 10.3. The molecule has 0 saturated carbocycles. The molecule has 2 aromatic rings. The molecule has 3 heteroatoms. The maximum Gasteiger partial charge on any atom is 0.0858 e. The summed E-state index contributed by atoms with van der Waals surface area (Å²) < 4.78 is 0. The van der Waals surface area contributed by atoms with Crippen molar-refractivity contribution in [2.24, 2.45) is 10.2 Å². The van der Waals surface area contributed by atoms with Gasteiger partial charge in [-0.25, -0.2) is 0 Å². The second-order valence-electron chi connectivity index (χ2n) is 3.33. The smallest absolute Gasteiger partial charge is 0.0858 e. The highest BCUT2D eigenvalue weighted by atomic mass is 15.1. The number of benzene rings is 2. The average Bonchev–Trinajstić information content (AvgIpc) is 2.58. The molecule has 0 aliphatic heterocycles. The third kappa shape index (κ3) is 6.69. The van der Waals surface area contributed by atoms with Crippen LogP contribution in [0.4, 0.5) is 17.1 Å². The first-order valence-electron chi connectivity index (χ1n) is 7.13. The van der Waals surface area contributed by atoms with E-state index in [9.17, 15) is 0 Å². The predicted molar refractivity (Wildman–Crippen MR) is 89.3 cm³/mol. The Morgan fingerprint density at radius 1 is 0.650 bits per heavy atom. The molecule has 0 atom stereocenters. The van der Waals surface area contributed by atoms with Gasteiger partial charge in [0.15, 0.2) is 0 Å². The number of nitrogens with zero attached hydrogens (tertiary/aromatic N) is 2. The fourth-order valence-electron chi connectivity index (χ4n) is 1.30. The van der Waals surface area contributed by atoms with E-state index in [1.165, 1.54) is 0 Å². The lowest BCUT2D eigenvalue weighted by Crippen LogP contribution is -1.84. The number of azo groups is 1. The molecule has 0 amide bonds. The fourth-order valence-corrected chi connectivity index (χ4v) is 1.30. The lowest BCUT2D eigenvalue weighted by Gasteiger charge is -1.98. The van der Waals surface area contributed by atoms with Crippen LogP contribution in [-0.2, 0) is 0 Å². The van der Waals surface area contributed by atoms with Crippen LogP contribution >= 0.6 is 0 Å². The van der Waals surface area contributed by atoms with Crippen molar-refractivity contribution < 1.29 is 0 Å². The molecule has 0 heterocycles. The van der Waals surface area contributed by atoms with Gasteiger partial charge in [-0.1, -0.05) is 45.9 Å². The SMILES string of the molecule is CC.CC.CNc1ccc(N=Nc2ccccc2)cc1. The Labute approximate surface area is 122 Å². The van der Waals surface area contributed by atoms with E-state index >= 15 is 0 Å². The van der Waals surface area contributed by atoms with Gasteiger partial charge in [0.1, 0.15) is 0 Å². The van der Waals surface area contributed by atoms with Crippen LogP contribution in [0.2, 0.25) is 0 Å². The van der Waals surface area contributed by atoms with Crippen molar-refractivity contribution in [1.29, 1.82) is 0 Å². The van der Waals surface area contributed by atoms with Gasteiger partial charge in [-0.05, 0) is 36.4 Å². The summed E-state index contributed by atoms with van der Waals surface area (Å²) in [6.07, 6.45) is 0. The van der Waals surface area contributed by atoms with Crippen molar-refractivity contribution in [1.82, 2.24) is 0 Å². The van der Waals surface area contributed by atoms with Gasteiger partial charge in [-0.15, -0.1) is 0 Å². The van der Waals surface area contributed by atoms with Gasteiger partial charge in [0.2, 0.25) is 0 Å². The molecule has 3 nitrogen and oxygen atoms in total. The monoisotopic (exact) mass is 271 g/mol. The summed E-state index contributed by atoms with van der Waals surface area (Å²) in [5.74, 6) is 0. The second-order valence-corrected chi connectivity index (χ2v) is 3.33. The molecule has 0 saturated heterocycles. The van der Waals surface area contributed by atoms with E-state index in [0.717, 1.165) is 17.1 Å². The fraction of sp³-hybridized carbons (Fsp3) is 0.294. The number of nitrogens with one attached hydrogen (secondary N) is 1. The molecular formula is C17H25N3. The molecule has 0 spiro atoms. The van der Waals surface area contributed by atoms with Crippen LogP contribution in [0.25, 0.3) is 0 Å². The molecular weight excluding hydrogens is 246 g/mol. The summed E-state index contributed by atoms with van der Waals surface area (Å²) >= 11 is 0. The Kier molecular flexibility index (Phi) is 10.6. The Hall–Kier alpha value is -2.16. The van der Waals surface area contributed by atoms with E-state index in [2.05, 4.69) is 15.5 Å². The summed E-state index contributed by atoms with van der Waals surface area (Å²) in [4.78, 5) is 0. The van der Waals surface area contributed by atoms with Gasteiger partial charge in [0, 0.05) is 12.7 Å². The number of hydrogen-bond acceptors (Lipinski definition) is 3. The van der Waals surface area contributed by atoms with Gasteiger partial charge in [0.05, 0.1) is 11.4 Å². The van der Waals surface area contributed by atoms with Crippen molar-refractivity contribution in [2.45, 2.75) is 27.7 Å². The molecule has 108 valence electrons. The van der Waals surface area contributed by atoms with Crippen LogP contribution in [0.5, 0.6) is 0 Å². The number of hydrogen-bond donors (Lipinski definition) is 1. The molecule has 20 heavy (non-hydrogen) atoms. The summed E-state index contributed by atoms with van der Waals surface area (Å²) in [5, 5.41) is 11.3. The molecule has 0 aliphatic carbocycles. The highest BCUT2D eigenvalue weighted by Crippen LogP contribution is 2.19. The van der Waals surface area contributed by atoms with Crippen molar-refractivity contribution in [3.8, 4) is 0 Å². The van der Waals surface area contributed by atoms with Gasteiger partial charge in [0.25, 0.3) is 0 Å². The summed E-state index contributed by atoms with van der Waals surface area (Å²) in [6, 6.07) is 17.5.